The predicted molar refractivity (Wildman–Crippen MR) is 70.9 cm³/mol. The minimum Gasteiger partial charge on any atom is -0.297 e. The van der Waals surface area contributed by atoms with Gasteiger partial charge in [-0.3, -0.25) is 9.69 Å². The third-order valence-corrected chi connectivity index (χ3v) is 4.52. The van der Waals surface area contributed by atoms with Crippen LogP contribution in [0.1, 0.15) is 54.4 Å². The van der Waals surface area contributed by atoms with Crippen LogP contribution in [-0.4, -0.2) is 28.8 Å². The number of ketones is 1. The second-order valence-corrected chi connectivity index (χ2v) is 7.88. The molecular weight excluding hydrogens is 210 g/mol. The number of nitrogens with zero attached hydrogens (tertiary/aromatic N) is 1. The Hall–Kier alpha value is -0.370. The minimum atomic E-state index is -0.210. The highest BCUT2D eigenvalue weighted by molar-refractivity contribution is 5.89. The van der Waals surface area contributed by atoms with E-state index in [-0.39, 0.29) is 17.0 Å². The molecule has 0 unspecified atom stereocenters. The van der Waals surface area contributed by atoms with Crippen molar-refractivity contribution in [1.29, 1.82) is 0 Å². The molecule has 1 aliphatic heterocycles. The normalized spacial score (nSPS) is 34.4. The molecule has 0 radical (unpaired) electrons. The maximum absolute atomic E-state index is 12.7. The summed E-state index contributed by atoms with van der Waals surface area (Å²) in [5.74, 6) is 1.87. The van der Waals surface area contributed by atoms with Gasteiger partial charge in [0.25, 0.3) is 0 Å². The fourth-order valence-corrected chi connectivity index (χ4v) is 3.31. The number of rotatable bonds is 1. The van der Waals surface area contributed by atoms with Gasteiger partial charge in [-0.2, -0.15) is 0 Å². The molecule has 2 heteroatoms. The van der Waals surface area contributed by atoms with Crippen LogP contribution in [0.25, 0.3) is 0 Å². The van der Waals surface area contributed by atoms with E-state index in [1.165, 1.54) is 12.8 Å². The largest absolute Gasteiger partial charge is 0.297 e. The van der Waals surface area contributed by atoms with Crippen LogP contribution in [0.4, 0.5) is 0 Å². The summed E-state index contributed by atoms with van der Waals surface area (Å²) in [6, 6.07) is 0.175. The number of hydrogen-bond acceptors (Lipinski definition) is 2. The quantitative estimate of drug-likeness (QED) is 0.698. The zero-order valence-corrected chi connectivity index (χ0v) is 12.2. The van der Waals surface area contributed by atoms with Crippen LogP contribution in [0.3, 0.4) is 0 Å². The minimum absolute atomic E-state index is 0.114. The third kappa shape index (κ3) is 2.16. The molecule has 2 rings (SSSR count). The first kappa shape index (κ1) is 13.1. The fourth-order valence-electron chi connectivity index (χ4n) is 3.31. The SMILES string of the molecule is CC(C)(C)C(=O)[C@@H]1[C@H]2CC[C@H]2CN1C(C)(C)C. The highest BCUT2D eigenvalue weighted by Crippen LogP contribution is 2.48. The lowest BCUT2D eigenvalue weighted by atomic mass is 9.69. The van der Waals surface area contributed by atoms with E-state index < -0.39 is 0 Å². The van der Waals surface area contributed by atoms with E-state index in [1.807, 2.05) is 0 Å². The van der Waals surface area contributed by atoms with Gasteiger partial charge < -0.3 is 0 Å². The summed E-state index contributed by atoms with van der Waals surface area (Å²) in [5, 5.41) is 0. The van der Waals surface area contributed by atoms with Gasteiger partial charge in [-0.25, -0.2) is 0 Å². The van der Waals surface area contributed by atoms with Crippen LogP contribution in [0.15, 0.2) is 0 Å². The first-order chi connectivity index (χ1) is 7.62. The molecule has 2 aliphatic rings. The van der Waals surface area contributed by atoms with Crippen molar-refractivity contribution in [3.05, 3.63) is 0 Å². The first-order valence-electron chi connectivity index (χ1n) is 6.93. The van der Waals surface area contributed by atoms with Gasteiger partial charge in [0.1, 0.15) is 0 Å². The molecule has 2 nitrogen and oxygen atoms in total. The van der Waals surface area contributed by atoms with E-state index in [0.29, 0.717) is 11.7 Å². The zero-order valence-electron chi connectivity index (χ0n) is 12.2. The summed E-state index contributed by atoms with van der Waals surface area (Å²) >= 11 is 0. The molecule has 17 heavy (non-hydrogen) atoms. The van der Waals surface area contributed by atoms with Gasteiger partial charge >= 0.3 is 0 Å². The molecule has 98 valence electrons. The van der Waals surface area contributed by atoms with Gasteiger partial charge in [0, 0.05) is 17.5 Å². The molecule has 3 atom stereocenters. The molecule has 0 spiro atoms. The lowest BCUT2D eigenvalue weighted by Crippen LogP contribution is -2.52. The van der Waals surface area contributed by atoms with Crippen molar-refractivity contribution < 1.29 is 4.79 Å². The van der Waals surface area contributed by atoms with Gasteiger partial charge in [0.15, 0.2) is 5.78 Å². The Labute approximate surface area is 106 Å². The Kier molecular flexibility index (Phi) is 2.93. The number of carbonyl (C=O) groups is 1. The smallest absolute Gasteiger partial charge is 0.155 e. The summed E-state index contributed by atoms with van der Waals surface area (Å²) in [6.45, 7) is 14.0. The summed E-state index contributed by atoms with van der Waals surface area (Å²) in [5.41, 5.74) is -0.0957. The van der Waals surface area contributed by atoms with Crippen LogP contribution >= 0.6 is 0 Å². The van der Waals surface area contributed by atoms with Gasteiger partial charge in [0.05, 0.1) is 6.04 Å². The van der Waals surface area contributed by atoms with Crippen LogP contribution < -0.4 is 0 Å². The maximum Gasteiger partial charge on any atom is 0.155 e. The second-order valence-electron chi connectivity index (χ2n) is 7.88. The summed E-state index contributed by atoms with van der Waals surface area (Å²) in [4.78, 5) is 15.1. The van der Waals surface area contributed by atoms with Crippen molar-refractivity contribution in [2.45, 2.75) is 66.0 Å². The molecule has 1 saturated carbocycles. The third-order valence-electron chi connectivity index (χ3n) is 4.52. The summed E-state index contributed by atoms with van der Waals surface area (Å²) < 4.78 is 0. The van der Waals surface area contributed by atoms with Gasteiger partial charge in [0.2, 0.25) is 0 Å². The number of hydrogen-bond donors (Lipinski definition) is 0. The molecule has 0 bridgehead atoms. The molecule has 1 aliphatic carbocycles. The van der Waals surface area contributed by atoms with Crippen LogP contribution in [0.5, 0.6) is 0 Å². The number of Topliss-reactive ketones (excluding diaryl/α,β-unsaturated/α-hetero) is 1. The van der Waals surface area contributed by atoms with Crippen molar-refractivity contribution >= 4 is 5.78 Å². The predicted octanol–water partition coefficient (Wildman–Crippen LogP) is 3.11. The first-order valence-corrected chi connectivity index (χ1v) is 6.93. The Morgan fingerprint density at radius 2 is 1.65 bits per heavy atom. The monoisotopic (exact) mass is 237 g/mol. The van der Waals surface area contributed by atoms with Crippen molar-refractivity contribution in [2.75, 3.05) is 6.54 Å². The van der Waals surface area contributed by atoms with Gasteiger partial charge in [-0.1, -0.05) is 20.8 Å². The summed E-state index contributed by atoms with van der Waals surface area (Å²) in [6.07, 6.45) is 2.58. The van der Waals surface area contributed by atoms with Crippen LogP contribution in [0, 0.1) is 17.3 Å². The lowest BCUT2D eigenvalue weighted by Gasteiger charge is -2.40. The highest BCUT2D eigenvalue weighted by atomic mass is 16.1. The molecular formula is C15H27NO. The Morgan fingerprint density at radius 1 is 1.06 bits per heavy atom. The van der Waals surface area contributed by atoms with Gasteiger partial charge in [-0.15, -0.1) is 0 Å². The van der Waals surface area contributed by atoms with E-state index in [0.717, 1.165) is 12.5 Å². The van der Waals surface area contributed by atoms with Crippen LogP contribution in [0.2, 0.25) is 0 Å². The van der Waals surface area contributed by atoms with Crippen molar-refractivity contribution in [3.63, 3.8) is 0 Å². The van der Waals surface area contributed by atoms with E-state index in [4.69, 9.17) is 0 Å². The lowest BCUT2D eigenvalue weighted by molar-refractivity contribution is -0.134. The Bertz CT molecular complexity index is 321. The van der Waals surface area contributed by atoms with E-state index >= 15 is 0 Å². The molecule has 0 aromatic carbocycles. The average molecular weight is 237 g/mol. The molecule has 0 amide bonds. The van der Waals surface area contributed by atoms with Crippen LogP contribution in [-0.2, 0) is 4.79 Å². The van der Waals surface area contributed by atoms with Crippen molar-refractivity contribution in [3.8, 4) is 0 Å². The summed E-state index contributed by atoms with van der Waals surface area (Å²) in [7, 11) is 0. The Morgan fingerprint density at radius 3 is 2.00 bits per heavy atom. The highest BCUT2D eigenvalue weighted by Gasteiger charge is 2.54. The van der Waals surface area contributed by atoms with E-state index in [9.17, 15) is 4.79 Å². The average Bonchev–Trinajstić information content (AvgIpc) is 2.34. The van der Waals surface area contributed by atoms with E-state index in [1.54, 1.807) is 0 Å². The molecule has 1 saturated heterocycles. The standard InChI is InChI=1S/C15H27NO/c1-14(2,3)13(17)12-11-8-7-10(11)9-16(12)15(4,5)6/h10-12H,7-9H2,1-6H3/t10-,11-,12-/m0/s1. The maximum atomic E-state index is 12.7. The molecule has 2 fully saturated rings. The molecule has 0 aromatic rings. The van der Waals surface area contributed by atoms with E-state index in [2.05, 4.69) is 46.4 Å². The van der Waals surface area contributed by atoms with Crippen molar-refractivity contribution in [2.24, 2.45) is 17.3 Å². The Balaban J connectivity index is 2.26. The zero-order chi connectivity index (χ0) is 13.0. The number of likely N-dealkylation sites (tertiary alicyclic amines) is 1. The van der Waals surface area contributed by atoms with Gasteiger partial charge in [-0.05, 0) is 45.4 Å². The second kappa shape index (κ2) is 3.81. The number of fused-ring (bicyclic) bond motifs is 1. The molecule has 0 N–H and O–H groups in total. The number of carbonyl (C=O) groups excluding carboxylic acids is 1. The van der Waals surface area contributed by atoms with Crippen molar-refractivity contribution in [1.82, 2.24) is 4.90 Å². The fraction of sp³-hybridized carbons (Fsp3) is 0.933. The molecule has 0 aromatic heterocycles. The topological polar surface area (TPSA) is 20.3 Å². The molecule has 1 heterocycles.